The minimum Gasteiger partial charge on any atom is -0.497 e. The summed E-state index contributed by atoms with van der Waals surface area (Å²) in [5.74, 6) is 0.215. The summed E-state index contributed by atoms with van der Waals surface area (Å²) >= 11 is 0. The molecule has 7 heteroatoms. The largest absolute Gasteiger partial charge is 0.497 e. The Morgan fingerprint density at radius 1 is 1.08 bits per heavy atom. The number of hydrogen-bond donors (Lipinski definition) is 1. The Hall–Kier alpha value is -2.80. The Labute approximate surface area is 151 Å². The van der Waals surface area contributed by atoms with Gasteiger partial charge < -0.3 is 24.4 Å². The molecule has 0 saturated carbocycles. The maximum atomic E-state index is 13.8. The third kappa shape index (κ3) is 4.05. The molecule has 0 aromatic heterocycles. The van der Waals surface area contributed by atoms with Crippen LogP contribution in [0.15, 0.2) is 36.4 Å². The first-order valence-electron chi connectivity index (χ1n) is 8.27. The Morgan fingerprint density at radius 2 is 1.73 bits per heavy atom. The Morgan fingerprint density at radius 3 is 2.35 bits per heavy atom. The second-order valence-electron chi connectivity index (χ2n) is 5.82. The first kappa shape index (κ1) is 18.0. The first-order chi connectivity index (χ1) is 12.6. The number of nitrogens with one attached hydrogen (secondary N) is 1. The number of anilines is 2. The molecule has 1 saturated heterocycles. The maximum Gasteiger partial charge on any atom is 0.255 e. The predicted molar refractivity (Wildman–Crippen MR) is 96.9 cm³/mol. The van der Waals surface area contributed by atoms with Crippen molar-refractivity contribution in [1.29, 1.82) is 0 Å². The molecular weight excluding hydrogens is 339 g/mol. The lowest BCUT2D eigenvalue weighted by molar-refractivity contribution is 0.102. The van der Waals surface area contributed by atoms with Crippen molar-refractivity contribution in [3.05, 3.63) is 47.8 Å². The summed E-state index contributed by atoms with van der Waals surface area (Å²) in [7, 11) is 3.03. The van der Waals surface area contributed by atoms with Crippen molar-refractivity contribution in [3.63, 3.8) is 0 Å². The van der Waals surface area contributed by atoms with E-state index >= 15 is 0 Å². The summed E-state index contributed by atoms with van der Waals surface area (Å²) in [5, 5.41) is 2.80. The zero-order valence-electron chi connectivity index (χ0n) is 14.8. The third-order valence-electron chi connectivity index (χ3n) is 4.17. The lowest BCUT2D eigenvalue weighted by atomic mass is 10.1. The molecule has 0 radical (unpaired) electrons. The molecule has 1 amide bonds. The number of nitrogens with zero attached hydrogens (tertiary/aromatic N) is 1. The van der Waals surface area contributed by atoms with Gasteiger partial charge in [-0.2, -0.15) is 0 Å². The van der Waals surface area contributed by atoms with Gasteiger partial charge in [-0.25, -0.2) is 4.39 Å². The van der Waals surface area contributed by atoms with Crippen molar-refractivity contribution >= 4 is 17.3 Å². The molecule has 138 valence electrons. The maximum absolute atomic E-state index is 13.8. The molecule has 2 aromatic carbocycles. The zero-order valence-corrected chi connectivity index (χ0v) is 14.8. The standard InChI is InChI=1S/C19H21FN2O4/c1-24-15-9-13(10-16(12-15)25-2)19(23)21-17-11-14(20)3-4-18(17)22-5-7-26-8-6-22/h3-4,9-12H,5-8H2,1-2H3,(H,21,23). The smallest absolute Gasteiger partial charge is 0.255 e. The minimum absolute atomic E-state index is 0.360. The van der Waals surface area contributed by atoms with Gasteiger partial charge in [0.15, 0.2) is 0 Å². The quantitative estimate of drug-likeness (QED) is 0.888. The molecule has 3 rings (SSSR count). The number of benzene rings is 2. The SMILES string of the molecule is COc1cc(OC)cc(C(=O)Nc2cc(F)ccc2N2CCOCC2)c1. The Kier molecular flexibility index (Phi) is 5.58. The van der Waals surface area contributed by atoms with Crippen molar-refractivity contribution < 1.29 is 23.4 Å². The molecule has 0 aliphatic carbocycles. The average molecular weight is 360 g/mol. The molecule has 1 heterocycles. The second-order valence-corrected chi connectivity index (χ2v) is 5.82. The van der Waals surface area contributed by atoms with Crippen LogP contribution in [0.2, 0.25) is 0 Å². The fraction of sp³-hybridized carbons (Fsp3) is 0.316. The van der Waals surface area contributed by atoms with Gasteiger partial charge in [0.05, 0.1) is 38.8 Å². The van der Waals surface area contributed by atoms with E-state index < -0.39 is 5.82 Å². The van der Waals surface area contributed by atoms with Gasteiger partial charge in [0.25, 0.3) is 5.91 Å². The van der Waals surface area contributed by atoms with Crippen LogP contribution in [0, 0.1) is 5.82 Å². The fourth-order valence-corrected chi connectivity index (χ4v) is 2.82. The molecule has 26 heavy (non-hydrogen) atoms. The summed E-state index contributed by atoms with van der Waals surface area (Å²) in [6, 6.07) is 9.26. The van der Waals surface area contributed by atoms with Gasteiger partial charge in [-0.3, -0.25) is 4.79 Å². The number of methoxy groups -OCH3 is 2. The summed E-state index contributed by atoms with van der Waals surface area (Å²) in [5.41, 5.74) is 1.54. The van der Waals surface area contributed by atoms with Crippen molar-refractivity contribution in [2.45, 2.75) is 0 Å². The summed E-state index contributed by atoms with van der Waals surface area (Å²) in [6.45, 7) is 2.55. The van der Waals surface area contributed by atoms with Gasteiger partial charge in [-0.15, -0.1) is 0 Å². The summed E-state index contributed by atoms with van der Waals surface area (Å²) in [4.78, 5) is 14.8. The monoisotopic (exact) mass is 360 g/mol. The minimum atomic E-state index is -0.416. The number of carbonyl (C=O) groups is 1. The van der Waals surface area contributed by atoms with Gasteiger partial charge in [-0.1, -0.05) is 0 Å². The molecule has 0 unspecified atom stereocenters. The number of morpholine rings is 1. The Balaban J connectivity index is 1.88. The second kappa shape index (κ2) is 8.05. The van der Waals surface area contributed by atoms with Crippen molar-refractivity contribution in [2.75, 3.05) is 50.7 Å². The molecule has 1 fully saturated rings. The molecule has 2 aromatic rings. The van der Waals surface area contributed by atoms with E-state index in [-0.39, 0.29) is 5.91 Å². The van der Waals surface area contributed by atoms with E-state index in [9.17, 15) is 9.18 Å². The zero-order chi connectivity index (χ0) is 18.5. The normalized spacial score (nSPS) is 14.0. The molecule has 0 spiro atoms. The first-order valence-corrected chi connectivity index (χ1v) is 8.27. The van der Waals surface area contributed by atoms with E-state index in [0.29, 0.717) is 49.1 Å². The summed E-state index contributed by atoms with van der Waals surface area (Å²) in [6.07, 6.45) is 0. The molecule has 1 N–H and O–H groups in total. The van der Waals surface area contributed by atoms with Crippen LogP contribution >= 0.6 is 0 Å². The third-order valence-corrected chi connectivity index (χ3v) is 4.17. The van der Waals surface area contributed by atoms with Gasteiger partial charge in [0, 0.05) is 24.7 Å². The van der Waals surface area contributed by atoms with Gasteiger partial charge in [0.1, 0.15) is 17.3 Å². The molecule has 0 atom stereocenters. The fourth-order valence-electron chi connectivity index (χ4n) is 2.82. The van der Waals surface area contributed by atoms with Crippen LogP contribution in [-0.4, -0.2) is 46.4 Å². The van der Waals surface area contributed by atoms with E-state index in [1.165, 1.54) is 26.4 Å². The molecule has 1 aliphatic heterocycles. The highest BCUT2D eigenvalue weighted by molar-refractivity contribution is 6.06. The highest BCUT2D eigenvalue weighted by Gasteiger charge is 2.18. The van der Waals surface area contributed by atoms with Crippen molar-refractivity contribution in [2.24, 2.45) is 0 Å². The highest BCUT2D eigenvalue weighted by Crippen LogP contribution is 2.29. The lowest BCUT2D eigenvalue weighted by Crippen LogP contribution is -2.36. The molecule has 6 nitrogen and oxygen atoms in total. The Bertz CT molecular complexity index is 769. The number of halogens is 1. The van der Waals surface area contributed by atoms with Crippen LogP contribution < -0.4 is 19.7 Å². The summed E-state index contributed by atoms with van der Waals surface area (Å²) < 4.78 is 29.5. The van der Waals surface area contributed by atoms with Gasteiger partial charge >= 0.3 is 0 Å². The van der Waals surface area contributed by atoms with E-state index in [2.05, 4.69) is 10.2 Å². The van der Waals surface area contributed by atoms with Crippen LogP contribution in [0.3, 0.4) is 0 Å². The van der Waals surface area contributed by atoms with E-state index in [1.54, 1.807) is 24.3 Å². The van der Waals surface area contributed by atoms with Crippen LogP contribution in [-0.2, 0) is 4.74 Å². The van der Waals surface area contributed by atoms with Crippen molar-refractivity contribution in [3.8, 4) is 11.5 Å². The predicted octanol–water partition coefficient (Wildman–Crippen LogP) is 2.93. The average Bonchev–Trinajstić information content (AvgIpc) is 2.68. The van der Waals surface area contributed by atoms with E-state index in [0.717, 1.165) is 5.69 Å². The number of ether oxygens (including phenoxy) is 3. The lowest BCUT2D eigenvalue weighted by Gasteiger charge is -2.30. The van der Waals surface area contributed by atoms with E-state index in [1.807, 2.05) is 0 Å². The van der Waals surface area contributed by atoms with Crippen LogP contribution in [0.25, 0.3) is 0 Å². The molecule has 0 bridgehead atoms. The molecule has 1 aliphatic rings. The number of carbonyl (C=O) groups excluding carboxylic acids is 1. The van der Waals surface area contributed by atoms with Gasteiger partial charge in [-0.05, 0) is 30.3 Å². The number of hydrogen-bond acceptors (Lipinski definition) is 5. The number of amides is 1. The highest BCUT2D eigenvalue weighted by atomic mass is 19.1. The van der Waals surface area contributed by atoms with Gasteiger partial charge in [0.2, 0.25) is 0 Å². The van der Waals surface area contributed by atoms with Crippen molar-refractivity contribution in [1.82, 2.24) is 0 Å². The van der Waals surface area contributed by atoms with Crippen LogP contribution in [0.4, 0.5) is 15.8 Å². The van der Waals surface area contributed by atoms with E-state index in [4.69, 9.17) is 14.2 Å². The molecular formula is C19H21FN2O4. The topological polar surface area (TPSA) is 60.0 Å². The number of rotatable bonds is 5. The van der Waals surface area contributed by atoms with Crippen LogP contribution in [0.1, 0.15) is 10.4 Å². The van der Waals surface area contributed by atoms with Crippen LogP contribution in [0.5, 0.6) is 11.5 Å².